The van der Waals surface area contributed by atoms with Crippen LogP contribution in [0.4, 0.5) is 5.82 Å². The molecule has 0 aliphatic rings. The maximum absolute atomic E-state index is 10.9. The summed E-state index contributed by atoms with van der Waals surface area (Å²) in [6.45, 7) is 1.85. The van der Waals surface area contributed by atoms with Crippen LogP contribution in [0.15, 0.2) is 24.4 Å². The molecule has 15 heavy (non-hydrogen) atoms. The lowest BCUT2D eigenvalue weighted by atomic mass is 10.2. The SMILES string of the molecule is C/C=C(\N)c1ccc(NC(=O)CCl)nc1. The molecule has 0 bridgehead atoms. The minimum atomic E-state index is -0.282. The fourth-order valence-electron chi connectivity index (χ4n) is 0.981. The standard InChI is InChI=1S/C10H12ClN3O/c1-2-8(12)7-3-4-9(13-6-7)14-10(15)5-11/h2-4,6H,5,12H2,1H3,(H,13,14,15)/b8-2-. The van der Waals surface area contributed by atoms with Gasteiger partial charge >= 0.3 is 0 Å². The van der Waals surface area contributed by atoms with E-state index in [0.717, 1.165) is 5.56 Å². The zero-order valence-electron chi connectivity index (χ0n) is 8.33. The number of nitrogens with two attached hydrogens (primary N) is 1. The Labute approximate surface area is 93.1 Å². The summed E-state index contributed by atoms with van der Waals surface area (Å²) < 4.78 is 0. The summed E-state index contributed by atoms with van der Waals surface area (Å²) >= 11 is 5.34. The van der Waals surface area contributed by atoms with E-state index in [1.165, 1.54) is 0 Å². The maximum Gasteiger partial charge on any atom is 0.240 e. The molecule has 1 aromatic rings. The highest BCUT2D eigenvalue weighted by atomic mass is 35.5. The molecule has 0 saturated heterocycles. The number of halogens is 1. The smallest absolute Gasteiger partial charge is 0.240 e. The van der Waals surface area contributed by atoms with Crippen molar-refractivity contribution in [1.82, 2.24) is 4.98 Å². The van der Waals surface area contributed by atoms with Crippen LogP contribution in [0.1, 0.15) is 12.5 Å². The van der Waals surface area contributed by atoms with Crippen LogP contribution in [0.5, 0.6) is 0 Å². The zero-order chi connectivity index (χ0) is 11.3. The molecular formula is C10H12ClN3O. The number of nitrogens with zero attached hydrogens (tertiary/aromatic N) is 1. The summed E-state index contributed by atoms with van der Waals surface area (Å²) in [6.07, 6.45) is 3.38. The van der Waals surface area contributed by atoms with Crippen LogP contribution in [-0.4, -0.2) is 16.8 Å². The van der Waals surface area contributed by atoms with Gasteiger partial charge in [-0.3, -0.25) is 4.79 Å². The number of aromatic nitrogens is 1. The molecule has 1 heterocycles. The van der Waals surface area contributed by atoms with Crippen LogP contribution in [0, 0.1) is 0 Å². The van der Waals surface area contributed by atoms with Crippen molar-refractivity contribution in [2.45, 2.75) is 6.92 Å². The van der Waals surface area contributed by atoms with E-state index in [2.05, 4.69) is 10.3 Å². The van der Waals surface area contributed by atoms with E-state index in [-0.39, 0.29) is 11.8 Å². The molecule has 80 valence electrons. The minimum Gasteiger partial charge on any atom is -0.398 e. The second kappa shape index (κ2) is 5.36. The average Bonchev–Trinajstić information content (AvgIpc) is 2.29. The number of allylic oxidation sites excluding steroid dienone is 1. The van der Waals surface area contributed by atoms with Crippen molar-refractivity contribution in [3.05, 3.63) is 30.0 Å². The van der Waals surface area contributed by atoms with Crippen molar-refractivity contribution in [2.75, 3.05) is 11.2 Å². The van der Waals surface area contributed by atoms with E-state index < -0.39 is 0 Å². The van der Waals surface area contributed by atoms with Gasteiger partial charge in [0.15, 0.2) is 0 Å². The van der Waals surface area contributed by atoms with Crippen LogP contribution in [0.2, 0.25) is 0 Å². The third-order valence-electron chi connectivity index (χ3n) is 1.80. The van der Waals surface area contributed by atoms with Gasteiger partial charge in [-0.1, -0.05) is 6.08 Å². The fourth-order valence-corrected chi connectivity index (χ4v) is 1.05. The Bertz CT molecular complexity index is 373. The second-order valence-corrected chi connectivity index (χ2v) is 3.13. The summed E-state index contributed by atoms with van der Waals surface area (Å²) in [5.41, 5.74) is 7.16. The lowest BCUT2D eigenvalue weighted by Gasteiger charge is -2.03. The fraction of sp³-hybridized carbons (Fsp3) is 0.200. The normalized spacial score (nSPS) is 11.2. The highest BCUT2D eigenvalue weighted by Gasteiger charge is 2.01. The lowest BCUT2D eigenvalue weighted by Crippen LogP contribution is -2.13. The molecule has 0 unspecified atom stereocenters. The van der Waals surface area contributed by atoms with Crippen molar-refractivity contribution in [3.8, 4) is 0 Å². The van der Waals surface area contributed by atoms with Crippen molar-refractivity contribution < 1.29 is 4.79 Å². The van der Waals surface area contributed by atoms with E-state index in [4.69, 9.17) is 17.3 Å². The number of hydrogen-bond donors (Lipinski definition) is 2. The quantitative estimate of drug-likeness (QED) is 0.768. The molecule has 1 rings (SSSR count). The summed E-state index contributed by atoms with van der Waals surface area (Å²) in [4.78, 5) is 15.0. The molecular weight excluding hydrogens is 214 g/mol. The Hall–Kier alpha value is -1.55. The van der Waals surface area contributed by atoms with E-state index in [1.807, 2.05) is 6.92 Å². The minimum absolute atomic E-state index is 0.0829. The van der Waals surface area contributed by atoms with E-state index in [1.54, 1.807) is 24.4 Å². The summed E-state index contributed by atoms with van der Waals surface area (Å²) in [6, 6.07) is 3.46. The number of amides is 1. The van der Waals surface area contributed by atoms with Gasteiger partial charge in [-0.05, 0) is 19.1 Å². The number of nitrogens with one attached hydrogen (secondary N) is 1. The molecule has 5 heteroatoms. The Balaban J connectivity index is 2.77. The number of pyridine rings is 1. The zero-order valence-corrected chi connectivity index (χ0v) is 9.08. The van der Waals surface area contributed by atoms with Crippen molar-refractivity contribution >= 4 is 29.0 Å². The molecule has 1 amide bonds. The van der Waals surface area contributed by atoms with Gasteiger partial charge < -0.3 is 11.1 Å². The molecule has 0 aliphatic carbocycles. The van der Waals surface area contributed by atoms with Gasteiger partial charge in [-0.25, -0.2) is 4.98 Å². The van der Waals surface area contributed by atoms with Gasteiger partial charge in [-0.15, -0.1) is 11.6 Å². The Morgan fingerprint density at radius 3 is 2.87 bits per heavy atom. The predicted molar refractivity (Wildman–Crippen MR) is 61.4 cm³/mol. The first-order valence-corrected chi connectivity index (χ1v) is 4.95. The Morgan fingerprint density at radius 1 is 1.67 bits per heavy atom. The number of hydrogen-bond acceptors (Lipinski definition) is 3. The van der Waals surface area contributed by atoms with Gasteiger partial charge in [0.25, 0.3) is 0 Å². The molecule has 0 fully saturated rings. The Kier molecular flexibility index (Phi) is 4.12. The highest BCUT2D eigenvalue weighted by Crippen LogP contribution is 2.10. The first kappa shape index (κ1) is 11.5. The first-order chi connectivity index (χ1) is 7.17. The molecule has 0 aliphatic heterocycles. The maximum atomic E-state index is 10.9. The molecule has 0 atom stereocenters. The number of carbonyl (C=O) groups excluding carboxylic acids is 1. The third-order valence-corrected chi connectivity index (χ3v) is 2.04. The van der Waals surface area contributed by atoms with Crippen LogP contribution in [0.25, 0.3) is 5.70 Å². The molecule has 4 nitrogen and oxygen atoms in total. The lowest BCUT2D eigenvalue weighted by molar-refractivity contribution is -0.113. The van der Waals surface area contributed by atoms with Crippen molar-refractivity contribution in [1.29, 1.82) is 0 Å². The van der Waals surface area contributed by atoms with Gasteiger partial charge in [0.2, 0.25) is 5.91 Å². The second-order valence-electron chi connectivity index (χ2n) is 2.86. The van der Waals surface area contributed by atoms with Crippen LogP contribution >= 0.6 is 11.6 Å². The third kappa shape index (κ3) is 3.25. The summed E-state index contributed by atoms with van der Waals surface area (Å²) in [7, 11) is 0. The predicted octanol–water partition coefficient (Wildman–Crippen LogP) is 1.58. The molecule has 0 radical (unpaired) electrons. The first-order valence-electron chi connectivity index (χ1n) is 4.41. The van der Waals surface area contributed by atoms with Crippen molar-refractivity contribution in [3.63, 3.8) is 0 Å². The van der Waals surface area contributed by atoms with Gasteiger partial charge in [0.1, 0.15) is 11.7 Å². The van der Waals surface area contributed by atoms with E-state index in [0.29, 0.717) is 11.5 Å². The molecule has 1 aromatic heterocycles. The summed E-state index contributed by atoms with van der Waals surface area (Å²) in [5.74, 6) is 0.102. The molecule has 3 N–H and O–H groups in total. The van der Waals surface area contributed by atoms with Gasteiger partial charge in [-0.2, -0.15) is 0 Å². The largest absolute Gasteiger partial charge is 0.398 e. The number of alkyl halides is 1. The molecule has 0 aromatic carbocycles. The van der Waals surface area contributed by atoms with Crippen LogP contribution in [0.3, 0.4) is 0 Å². The Morgan fingerprint density at radius 2 is 2.40 bits per heavy atom. The van der Waals surface area contributed by atoms with Gasteiger partial charge in [0.05, 0.1) is 0 Å². The van der Waals surface area contributed by atoms with Crippen LogP contribution < -0.4 is 11.1 Å². The van der Waals surface area contributed by atoms with Crippen molar-refractivity contribution in [2.24, 2.45) is 5.73 Å². The topological polar surface area (TPSA) is 68.0 Å². The van der Waals surface area contributed by atoms with Crippen LogP contribution in [-0.2, 0) is 4.79 Å². The highest BCUT2D eigenvalue weighted by molar-refractivity contribution is 6.28. The number of carbonyl (C=O) groups is 1. The van der Waals surface area contributed by atoms with Gasteiger partial charge in [0, 0.05) is 17.5 Å². The number of anilines is 1. The van der Waals surface area contributed by atoms with E-state index in [9.17, 15) is 4.79 Å². The monoisotopic (exact) mass is 225 g/mol. The van der Waals surface area contributed by atoms with E-state index >= 15 is 0 Å². The summed E-state index contributed by atoms with van der Waals surface area (Å²) in [5, 5.41) is 2.53. The average molecular weight is 226 g/mol. The molecule has 0 saturated carbocycles. The number of rotatable bonds is 3. The molecule has 0 spiro atoms.